The number of hydrogen-bond acceptors (Lipinski definition) is 6. The highest BCUT2D eigenvalue weighted by molar-refractivity contribution is 8.20. The lowest BCUT2D eigenvalue weighted by atomic mass is 10.4. The van der Waals surface area contributed by atoms with Gasteiger partial charge >= 0.3 is 6.16 Å². The minimum Gasteiger partial charge on any atom is -0.427 e. The minimum atomic E-state index is -3.01. The van der Waals surface area contributed by atoms with Gasteiger partial charge in [0.15, 0.2) is 0 Å². The molecule has 14 heavy (non-hydrogen) atoms. The molecule has 0 spiro atoms. The van der Waals surface area contributed by atoms with Crippen molar-refractivity contribution in [1.29, 1.82) is 0 Å². The molecule has 0 aliphatic carbocycles. The first-order valence-corrected chi connectivity index (χ1v) is 5.56. The summed E-state index contributed by atoms with van der Waals surface area (Å²) in [7, 11) is -3.01. The SMILES string of the molecule is CC=COC(=O)OC1COS(O)(O)C1. The molecule has 0 aromatic carbocycles. The average Bonchev–Trinajstić information content (AvgIpc) is 2.42. The first-order valence-electron chi connectivity index (χ1n) is 3.92. The maximum Gasteiger partial charge on any atom is 0.513 e. The van der Waals surface area contributed by atoms with Crippen LogP contribution in [-0.4, -0.2) is 33.7 Å². The molecule has 1 rings (SSSR count). The first-order chi connectivity index (χ1) is 6.53. The van der Waals surface area contributed by atoms with Crippen molar-refractivity contribution in [1.82, 2.24) is 0 Å². The van der Waals surface area contributed by atoms with E-state index in [0.717, 1.165) is 0 Å². The van der Waals surface area contributed by atoms with Crippen LogP contribution in [0.25, 0.3) is 0 Å². The molecule has 1 aliphatic heterocycles. The molecule has 0 bridgehead atoms. The summed E-state index contributed by atoms with van der Waals surface area (Å²) in [5.74, 6) is -0.0993. The van der Waals surface area contributed by atoms with Crippen molar-refractivity contribution in [3.63, 3.8) is 0 Å². The monoisotopic (exact) mass is 224 g/mol. The summed E-state index contributed by atoms with van der Waals surface area (Å²) < 4.78 is 31.8. The summed E-state index contributed by atoms with van der Waals surface area (Å²) in [5, 5.41) is 0. The molecule has 7 heteroatoms. The van der Waals surface area contributed by atoms with Gasteiger partial charge in [0.2, 0.25) is 0 Å². The molecule has 2 N–H and O–H groups in total. The molecule has 1 heterocycles. The quantitative estimate of drug-likeness (QED) is 0.549. The maximum atomic E-state index is 10.9. The molecule has 1 saturated heterocycles. The van der Waals surface area contributed by atoms with Gasteiger partial charge in [-0.2, -0.15) is 0 Å². The predicted octanol–water partition coefficient (Wildman–Crippen LogP) is 1.74. The van der Waals surface area contributed by atoms with E-state index in [9.17, 15) is 4.79 Å². The third kappa shape index (κ3) is 3.54. The summed E-state index contributed by atoms with van der Waals surface area (Å²) in [5.41, 5.74) is 0. The lowest BCUT2D eigenvalue weighted by Gasteiger charge is -2.17. The van der Waals surface area contributed by atoms with Crippen molar-refractivity contribution in [2.24, 2.45) is 0 Å². The van der Waals surface area contributed by atoms with E-state index in [1.165, 1.54) is 12.3 Å². The van der Waals surface area contributed by atoms with Gasteiger partial charge in [-0.3, -0.25) is 4.18 Å². The molecule has 0 saturated carbocycles. The second-order valence-electron chi connectivity index (χ2n) is 2.64. The third-order valence-corrected chi connectivity index (χ3v) is 2.73. The van der Waals surface area contributed by atoms with Crippen molar-refractivity contribution < 1.29 is 27.6 Å². The number of carbonyl (C=O) groups is 1. The minimum absolute atomic E-state index is 0.0206. The number of allylic oxidation sites excluding steroid dienone is 1. The van der Waals surface area contributed by atoms with E-state index in [-0.39, 0.29) is 12.4 Å². The Morgan fingerprint density at radius 3 is 2.86 bits per heavy atom. The Balaban J connectivity index is 2.29. The van der Waals surface area contributed by atoms with E-state index in [1.807, 2.05) is 0 Å². The van der Waals surface area contributed by atoms with Gasteiger partial charge in [0.25, 0.3) is 0 Å². The molecule has 0 radical (unpaired) electrons. The van der Waals surface area contributed by atoms with Crippen molar-refractivity contribution in [3.8, 4) is 0 Å². The van der Waals surface area contributed by atoms with E-state index >= 15 is 0 Å². The lowest BCUT2D eigenvalue weighted by Crippen LogP contribution is -2.20. The van der Waals surface area contributed by atoms with E-state index in [0.29, 0.717) is 0 Å². The fraction of sp³-hybridized carbons (Fsp3) is 0.571. The van der Waals surface area contributed by atoms with Crippen LogP contribution < -0.4 is 0 Å². The highest BCUT2D eigenvalue weighted by Crippen LogP contribution is 2.45. The summed E-state index contributed by atoms with van der Waals surface area (Å²) in [6, 6.07) is 0. The van der Waals surface area contributed by atoms with Crippen molar-refractivity contribution >= 4 is 17.0 Å². The molecule has 82 valence electrons. The van der Waals surface area contributed by atoms with Gasteiger partial charge in [-0.05, 0) is 6.92 Å². The number of rotatable bonds is 2. The summed E-state index contributed by atoms with van der Waals surface area (Å²) in [4.78, 5) is 10.9. The second-order valence-corrected chi connectivity index (χ2v) is 4.42. The van der Waals surface area contributed by atoms with Crippen LogP contribution in [0.15, 0.2) is 12.3 Å². The normalized spacial score (nSPS) is 27.5. The molecular formula is C7H12O6S. The fourth-order valence-corrected chi connectivity index (χ4v) is 1.99. The van der Waals surface area contributed by atoms with Gasteiger partial charge in [-0.1, -0.05) is 6.08 Å². The molecule has 0 aromatic heterocycles. The van der Waals surface area contributed by atoms with Gasteiger partial charge in [0.05, 0.1) is 22.9 Å². The number of carbonyl (C=O) groups excluding carboxylic acids is 1. The predicted molar refractivity (Wildman–Crippen MR) is 49.8 cm³/mol. The average molecular weight is 224 g/mol. The van der Waals surface area contributed by atoms with Crippen LogP contribution in [0.2, 0.25) is 0 Å². The van der Waals surface area contributed by atoms with Gasteiger partial charge in [0, 0.05) is 0 Å². The molecule has 1 unspecified atom stereocenters. The molecule has 1 fully saturated rings. The Hall–Kier alpha value is -0.760. The molecule has 0 amide bonds. The van der Waals surface area contributed by atoms with E-state index in [2.05, 4.69) is 8.92 Å². The number of hydrogen-bond donors (Lipinski definition) is 2. The van der Waals surface area contributed by atoms with Crippen LogP contribution >= 0.6 is 10.9 Å². The second kappa shape index (κ2) is 4.65. The van der Waals surface area contributed by atoms with Crippen LogP contribution in [0.1, 0.15) is 6.92 Å². The Bertz CT molecular complexity index is 238. The highest BCUT2D eigenvalue weighted by atomic mass is 32.3. The maximum absolute atomic E-state index is 10.9. The standard InChI is InChI=1S/C7H12O6S/c1-2-3-11-7(8)13-6-4-12-14(9,10)5-6/h2-3,6,9-10H,4-5H2,1H3. The smallest absolute Gasteiger partial charge is 0.427 e. The van der Waals surface area contributed by atoms with Gasteiger partial charge in [0.1, 0.15) is 12.7 Å². The molecular weight excluding hydrogens is 212 g/mol. The molecule has 1 atom stereocenters. The first kappa shape index (κ1) is 11.3. The third-order valence-electron chi connectivity index (χ3n) is 1.41. The van der Waals surface area contributed by atoms with Crippen LogP contribution in [0.3, 0.4) is 0 Å². The van der Waals surface area contributed by atoms with Crippen LogP contribution in [0.4, 0.5) is 4.79 Å². The van der Waals surface area contributed by atoms with Crippen molar-refractivity contribution in [3.05, 3.63) is 12.3 Å². The summed E-state index contributed by atoms with van der Waals surface area (Å²) in [6.07, 6.45) is 1.17. The Morgan fingerprint density at radius 2 is 2.36 bits per heavy atom. The largest absolute Gasteiger partial charge is 0.513 e. The zero-order valence-corrected chi connectivity index (χ0v) is 8.40. The fourth-order valence-electron chi connectivity index (χ4n) is 0.879. The summed E-state index contributed by atoms with van der Waals surface area (Å²) >= 11 is 0. The van der Waals surface area contributed by atoms with Gasteiger partial charge in [-0.25, -0.2) is 4.79 Å². The van der Waals surface area contributed by atoms with Gasteiger partial charge in [-0.15, -0.1) is 0 Å². The van der Waals surface area contributed by atoms with Gasteiger partial charge < -0.3 is 18.6 Å². The van der Waals surface area contributed by atoms with Crippen LogP contribution in [0.5, 0.6) is 0 Å². The van der Waals surface area contributed by atoms with Crippen molar-refractivity contribution in [2.45, 2.75) is 13.0 Å². The topological polar surface area (TPSA) is 85.2 Å². The van der Waals surface area contributed by atoms with Crippen LogP contribution in [-0.2, 0) is 13.7 Å². The van der Waals surface area contributed by atoms with E-state index in [1.54, 1.807) is 6.92 Å². The molecule has 6 nitrogen and oxygen atoms in total. The van der Waals surface area contributed by atoms with Crippen molar-refractivity contribution in [2.75, 3.05) is 12.4 Å². The Kier molecular flexibility index (Phi) is 3.76. The highest BCUT2D eigenvalue weighted by Gasteiger charge is 2.35. The summed E-state index contributed by atoms with van der Waals surface area (Å²) in [6.45, 7) is 1.66. The molecule has 0 aromatic rings. The zero-order valence-electron chi connectivity index (χ0n) is 7.58. The van der Waals surface area contributed by atoms with E-state index in [4.69, 9.17) is 13.8 Å². The van der Waals surface area contributed by atoms with Crippen LogP contribution in [0, 0.1) is 0 Å². The Morgan fingerprint density at radius 1 is 1.64 bits per heavy atom. The molecule has 1 aliphatic rings. The Labute approximate surface area is 83.0 Å². The lowest BCUT2D eigenvalue weighted by molar-refractivity contribution is 0.0457. The number of ether oxygens (including phenoxy) is 2. The zero-order chi connectivity index (χ0) is 10.6. The van der Waals surface area contributed by atoms with E-state index < -0.39 is 23.1 Å².